The van der Waals surface area contributed by atoms with E-state index in [-0.39, 0.29) is 12.3 Å². The Morgan fingerprint density at radius 1 is 1.20 bits per heavy atom. The predicted octanol–water partition coefficient (Wildman–Crippen LogP) is 5.32. The van der Waals surface area contributed by atoms with Crippen LogP contribution in [0.25, 0.3) is 4.85 Å². The van der Waals surface area contributed by atoms with Crippen LogP contribution < -0.4 is 0 Å². The number of nitrogens with zero attached hydrogens (tertiary/aromatic N) is 1. The van der Waals surface area contributed by atoms with Gasteiger partial charge in [0.25, 0.3) is 12.1 Å². The molecule has 20 heavy (non-hydrogen) atoms. The number of rotatable bonds is 5. The van der Waals surface area contributed by atoms with Crippen molar-refractivity contribution >= 4 is 83.7 Å². The van der Waals surface area contributed by atoms with Crippen molar-refractivity contribution in [2.75, 3.05) is 6.54 Å². The standard InChI is InChI=1S/C10H11Cl6NO2Si/c1-17-4-5-20(2,3)19-8(10(14,15)16)6-7(18)9(11,12)13/h6H,4-5H2,2-3H3. The fraction of sp³-hybridized carbons (Fsp3) is 0.600. The molecular weight excluding hydrogens is 407 g/mol. The number of hydrogen-bond donors (Lipinski definition) is 0. The molecule has 0 unspecified atom stereocenters. The maximum absolute atomic E-state index is 11.7. The van der Waals surface area contributed by atoms with Gasteiger partial charge in [0, 0.05) is 12.1 Å². The van der Waals surface area contributed by atoms with Gasteiger partial charge in [0.2, 0.25) is 16.1 Å². The number of halogens is 6. The molecule has 0 aromatic carbocycles. The van der Waals surface area contributed by atoms with E-state index in [4.69, 9.17) is 80.6 Å². The van der Waals surface area contributed by atoms with Crippen LogP contribution in [-0.2, 0) is 9.22 Å². The molecule has 10 heteroatoms. The highest BCUT2D eigenvalue weighted by Gasteiger charge is 2.38. The Morgan fingerprint density at radius 2 is 1.70 bits per heavy atom. The van der Waals surface area contributed by atoms with E-state index in [1.54, 1.807) is 0 Å². The summed E-state index contributed by atoms with van der Waals surface area (Å²) >= 11 is 33.6. The molecule has 0 bridgehead atoms. The first kappa shape index (κ1) is 20.7. The monoisotopic (exact) mass is 415 g/mol. The lowest BCUT2D eigenvalue weighted by molar-refractivity contribution is -0.113. The minimum atomic E-state index is -2.34. The van der Waals surface area contributed by atoms with E-state index in [1.807, 2.05) is 13.1 Å². The molecule has 0 aliphatic heterocycles. The first-order chi connectivity index (χ1) is 8.79. The fourth-order valence-corrected chi connectivity index (χ4v) is 3.24. The molecule has 0 aromatic heterocycles. The Bertz CT molecular complexity index is 432. The molecule has 114 valence electrons. The highest BCUT2D eigenvalue weighted by molar-refractivity contribution is 6.77. The Balaban J connectivity index is 5.27. The quantitative estimate of drug-likeness (QED) is 0.199. The van der Waals surface area contributed by atoms with E-state index < -0.39 is 21.7 Å². The summed E-state index contributed by atoms with van der Waals surface area (Å²) in [6, 6.07) is 0.510. The van der Waals surface area contributed by atoms with E-state index in [0.29, 0.717) is 6.04 Å². The summed E-state index contributed by atoms with van der Waals surface area (Å²) in [6.45, 7) is 10.7. The van der Waals surface area contributed by atoms with Crippen molar-refractivity contribution in [1.29, 1.82) is 0 Å². The van der Waals surface area contributed by atoms with Crippen LogP contribution in [0.5, 0.6) is 0 Å². The van der Waals surface area contributed by atoms with Crippen molar-refractivity contribution in [2.45, 2.75) is 26.7 Å². The fourth-order valence-electron chi connectivity index (χ4n) is 1.04. The molecule has 0 aliphatic carbocycles. The Labute approximate surface area is 149 Å². The Hall–Kier alpha value is 0.657. The molecule has 0 rings (SSSR count). The molecule has 0 saturated carbocycles. The van der Waals surface area contributed by atoms with Gasteiger partial charge < -0.3 is 9.27 Å². The number of allylic oxidation sites excluding steroid dienone is 2. The molecule has 0 heterocycles. The number of ketones is 1. The average Bonchev–Trinajstić information content (AvgIpc) is 2.22. The van der Waals surface area contributed by atoms with Crippen molar-refractivity contribution in [1.82, 2.24) is 0 Å². The van der Waals surface area contributed by atoms with Crippen LogP contribution in [0.1, 0.15) is 0 Å². The third kappa shape index (κ3) is 8.19. The van der Waals surface area contributed by atoms with Crippen LogP contribution in [0.2, 0.25) is 19.1 Å². The zero-order chi connectivity index (χ0) is 16.2. The smallest absolute Gasteiger partial charge is 0.252 e. The van der Waals surface area contributed by atoms with Crippen molar-refractivity contribution in [3.63, 3.8) is 0 Å². The Kier molecular flexibility index (Phi) is 8.03. The number of hydrogen-bond acceptors (Lipinski definition) is 2. The topological polar surface area (TPSA) is 30.7 Å². The van der Waals surface area contributed by atoms with Crippen LogP contribution in [0, 0.1) is 6.57 Å². The molecule has 3 nitrogen and oxygen atoms in total. The molecule has 0 fully saturated rings. The van der Waals surface area contributed by atoms with Crippen molar-refractivity contribution in [3.8, 4) is 0 Å². The maximum atomic E-state index is 11.7. The van der Waals surface area contributed by atoms with Gasteiger partial charge in [-0.25, -0.2) is 6.57 Å². The average molecular weight is 418 g/mol. The zero-order valence-electron chi connectivity index (χ0n) is 10.5. The maximum Gasteiger partial charge on any atom is 0.252 e. The summed E-state index contributed by atoms with van der Waals surface area (Å²) in [5.41, 5.74) is 0. The molecule has 0 aromatic rings. The largest absolute Gasteiger partial charge is 0.544 e. The summed E-state index contributed by atoms with van der Waals surface area (Å²) in [5.74, 6) is -1.08. The van der Waals surface area contributed by atoms with Crippen LogP contribution >= 0.6 is 69.6 Å². The lowest BCUT2D eigenvalue weighted by atomic mass is 10.3. The van der Waals surface area contributed by atoms with Gasteiger partial charge >= 0.3 is 0 Å². The van der Waals surface area contributed by atoms with Gasteiger partial charge in [0.05, 0.1) is 0 Å². The second kappa shape index (κ2) is 7.78. The minimum absolute atomic E-state index is 0.208. The number of carbonyl (C=O) groups excluding carboxylic acids is 1. The van der Waals surface area contributed by atoms with Gasteiger partial charge in [-0.05, 0) is 13.1 Å². The summed E-state index contributed by atoms with van der Waals surface area (Å²) in [5, 5.41) is 0. The van der Waals surface area contributed by atoms with Gasteiger partial charge in [-0.3, -0.25) is 4.79 Å². The lowest BCUT2D eigenvalue weighted by Gasteiger charge is -2.28. The minimum Gasteiger partial charge on any atom is -0.544 e. The SMILES string of the molecule is [C-]#[N+]CC[Si](C)(C)OC(=CC(=O)C(Cl)(Cl)Cl)C(Cl)(Cl)Cl. The predicted molar refractivity (Wildman–Crippen MR) is 88.5 cm³/mol. The van der Waals surface area contributed by atoms with Gasteiger partial charge in [0.15, 0.2) is 0 Å². The molecular formula is C10H11Cl6NO2Si. The van der Waals surface area contributed by atoms with E-state index in [2.05, 4.69) is 4.85 Å². The van der Waals surface area contributed by atoms with Crippen LogP contribution in [-0.4, -0.2) is 28.2 Å². The molecule has 0 N–H and O–H groups in total. The van der Waals surface area contributed by atoms with Gasteiger partial charge in [-0.1, -0.05) is 69.6 Å². The summed E-state index contributed by atoms with van der Waals surface area (Å²) in [7, 11) is -2.34. The highest BCUT2D eigenvalue weighted by atomic mass is 35.6. The summed E-state index contributed by atoms with van der Waals surface area (Å²) in [4.78, 5) is 14.9. The molecule has 0 amide bonds. The second-order valence-corrected chi connectivity index (χ2v) is 13.1. The number of carbonyl (C=O) groups is 1. The van der Waals surface area contributed by atoms with E-state index >= 15 is 0 Å². The first-order valence-electron chi connectivity index (χ1n) is 5.22. The molecule has 0 aliphatic rings. The Morgan fingerprint density at radius 3 is 2.05 bits per heavy atom. The third-order valence-corrected chi connectivity index (χ3v) is 5.35. The number of alkyl halides is 6. The summed E-state index contributed by atoms with van der Waals surface area (Å²) < 4.78 is 1.51. The first-order valence-corrected chi connectivity index (χ1v) is 10.6. The van der Waals surface area contributed by atoms with Gasteiger partial charge in [-0.15, -0.1) is 0 Å². The van der Waals surface area contributed by atoms with Gasteiger partial charge in [-0.2, -0.15) is 0 Å². The normalized spacial score (nSPS) is 13.8. The van der Waals surface area contributed by atoms with Crippen LogP contribution in [0.3, 0.4) is 0 Å². The van der Waals surface area contributed by atoms with E-state index in [1.165, 1.54) is 0 Å². The molecule has 0 radical (unpaired) electrons. The van der Waals surface area contributed by atoms with Crippen LogP contribution in [0.4, 0.5) is 0 Å². The second-order valence-electron chi connectivity index (χ2n) is 4.36. The van der Waals surface area contributed by atoms with Crippen molar-refractivity contribution in [3.05, 3.63) is 23.3 Å². The highest BCUT2D eigenvalue weighted by Crippen LogP contribution is 2.39. The van der Waals surface area contributed by atoms with E-state index in [0.717, 1.165) is 6.08 Å². The van der Waals surface area contributed by atoms with Crippen molar-refractivity contribution in [2.24, 2.45) is 0 Å². The molecule has 0 spiro atoms. The van der Waals surface area contributed by atoms with Crippen molar-refractivity contribution < 1.29 is 9.22 Å². The van der Waals surface area contributed by atoms with Crippen LogP contribution in [0.15, 0.2) is 11.8 Å². The lowest BCUT2D eigenvalue weighted by Crippen LogP contribution is -2.34. The molecule has 0 saturated heterocycles. The van der Waals surface area contributed by atoms with E-state index in [9.17, 15) is 4.79 Å². The summed E-state index contributed by atoms with van der Waals surface area (Å²) in [6.07, 6.45) is 0.868. The molecule has 0 atom stereocenters. The van der Waals surface area contributed by atoms with Gasteiger partial charge in [0.1, 0.15) is 5.76 Å². The zero-order valence-corrected chi connectivity index (χ0v) is 16.1. The third-order valence-electron chi connectivity index (χ3n) is 2.03.